The van der Waals surface area contributed by atoms with E-state index in [-0.39, 0.29) is 16.2 Å². The van der Waals surface area contributed by atoms with Gasteiger partial charge in [0.1, 0.15) is 0 Å². The molecular formula is C17H15NO3S. The first-order valence-corrected chi connectivity index (χ1v) is 8.51. The molecule has 0 fully saturated rings. The van der Waals surface area contributed by atoms with Gasteiger partial charge < -0.3 is 4.98 Å². The van der Waals surface area contributed by atoms with Crippen LogP contribution in [0.2, 0.25) is 0 Å². The molecule has 1 aromatic heterocycles. The summed E-state index contributed by atoms with van der Waals surface area (Å²) in [4.78, 5) is 14.4. The zero-order valence-corrected chi connectivity index (χ0v) is 12.9. The number of pyridine rings is 1. The molecule has 0 amide bonds. The summed E-state index contributed by atoms with van der Waals surface area (Å²) in [5.74, 6) is -0.0399. The van der Waals surface area contributed by atoms with Crippen LogP contribution in [0.3, 0.4) is 0 Å². The number of aromatic amines is 1. The van der Waals surface area contributed by atoms with Crippen molar-refractivity contribution in [2.75, 3.05) is 0 Å². The van der Waals surface area contributed by atoms with E-state index in [0.29, 0.717) is 5.52 Å². The topological polar surface area (TPSA) is 67.0 Å². The second kappa shape index (κ2) is 5.42. The molecule has 5 heteroatoms. The summed E-state index contributed by atoms with van der Waals surface area (Å²) in [5.41, 5.74) is 1.96. The van der Waals surface area contributed by atoms with Gasteiger partial charge in [-0.05, 0) is 36.2 Å². The molecule has 0 saturated heterocycles. The zero-order chi connectivity index (χ0) is 15.7. The quantitative estimate of drug-likeness (QED) is 0.808. The summed E-state index contributed by atoms with van der Waals surface area (Å²) in [6.07, 6.45) is 0. The van der Waals surface area contributed by atoms with Gasteiger partial charge in [0.2, 0.25) is 5.56 Å². The van der Waals surface area contributed by atoms with Crippen LogP contribution in [0.1, 0.15) is 11.1 Å². The van der Waals surface area contributed by atoms with Crippen molar-refractivity contribution in [1.29, 1.82) is 0 Å². The lowest BCUT2D eigenvalue weighted by Gasteiger charge is -2.07. The van der Waals surface area contributed by atoms with Crippen molar-refractivity contribution in [2.45, 2.75) is 17.6 Å². The number of fused-ring (bicyclic) bond motifs is 1. The molecule has 2 aromatic carbocycles. The van der Waals surface area contributed by atoms with E-state index in [9.17, 15) is 13.2 Å². The highest BCUT2D eigenvalue weighted by molar-refractivity contribution is 7.90. The molecule has 3 aromatic rings. The molecule has 3 rings (SSSR count). The predicted molar refractivity (Wildman–Crippen MR) is 86.6 cm³/mol. The molecule has 0 spiro atoms. The first-order chi connectivity index (χ1) is 10.5. The lowest BCUT2D eigenvalue weighted by Crippen LogP contribution is -2.07. The van der Waals surface area contributed by atoms with Gasteiger partial charge >= 0.3 is 0 Å². The van der Waals surface area contributed by atoms with Gasteiger partial charge in [-0.15, -0.1) is 0 Å². The number of hydrogen-bond donors (Lipinski definition) is 1. The average Bonchev–Trinajstić information content (AvgIpc) is 2.47. The highest BCUT2D eigenvalue weighted by Crippen LogP contribution is 2.22. The van der Waals surface area contributed by atoms with Crippen molar-refractivity contribution in [3.05, 3.63) is 76.1 Å². The Labute approximate surface area is 128 Å². The van der Waals surface area contributed by atoms with Crippen molar-refractivity contribution in [2.24, 2.45) is 0 Å². The van der Waals surface area contributed by atoms with Crippen LogP contribution in [-0.4, -0.2) is 13.4 Å². The number of rotatable bonds is 3. The molecular weight excluding hydrogens is 298 g/mol. The van der Waals surface area contributed by atoms with Crippen molar-refractivity contribution in [3.8, 4) is 0 Å². The Balaban J connectivity index is 2.08. The molecule has 1 N–H and O–H groups in total. The fourth-order valence-electron chi connectivity index (χ4n) is 2.47. The van der Waals surface area contributed by atoms with E-state index in [1.165, 1.54) is 12.1 Å². The van der Waals surface area contributed by atoms with Gasteiger partial charge in [-0.1, -0.05) is 30.3 Å². The molecule has 1 heterocycles. The summed E-state index contributed by atoms with van der Waals surface area (Å²) < 4.78 is 25.1. The fraction of sp³-hybridized carbons (Fsp3) is 0.118. The number of nitrogens with one attached hydrogen (secondary N) is 1. The van der Waals surface area contributed by atoms with Crippen molar-refractivity contribution in [3.63, 3.8) is 0 Å². The molecule has 0 radical (unpaired) electrons. The molecule has 0 atom stereocenters. The maximum absolute atomic E-state index is 12.6. The van der Waals surface area contributed by atoms with E-state index < -0.39 is 9.84 Å². The van der Waals surface area contributed by atoms with E-state index in [4.69, 9.17) is 0 Å². The number of benzene rings is 2. The molecule has 4 nitrogen and oxygen atoms in total. The number of aryl methyl sites for hydroxylation is 1. The van der Waals surface area contributed by atoms with Gasteiger partial charge in [-0.2, -0.15) is 0 Å². The SMILES string of the molecule is Cc1cc(=O)[nH]c2ccc(S(=O)(=O)Cc3ccccc3)cc12. The lowest BCUT2D eigenvalue weighted by atomic mass is 10.1. The molecule has 0 aliphatic heterocycles. The number of sulfone groups is 1. The van der Waals surface area contributed by atoms with Crippen LogP contribution in [0.5, 0.6) is 0 Å². The van der Waals surface area contributed by atoms with Crippen LogP contribution in [0.25, 0.3) is 10.9 Å². The van der Waals surface area contributed by atoms with Gasteiger partial charge in [0.25, 0.3) is 0 Å². The molecule has 0 saturated carbocycles. The summed E-state index contributed by atoms with van der Waals surface area (Å²) in [6.45, 7) is 1.80. The zero-order valence-electron chi connectivity index (χ0n) is 12.0. The van der Waals surface area contributed by atoms with Gasteiger partial charge in [0.15, 0.2) is 9.84 Å². The Hall–Kier alpha value is -2.40. The highest BCUT2D eigenvalue weighted by Gasteiger charge is 2.16. The van der Waals surface area contributed by atoms with Crippen LogP contribution < -0.4 is 5.56 Å². The van der Waals surface area contributed by atoms with Crippen LogP contribution in [0, 0.1) is 6.92 Å². The summed E-state index contributed by atoms with van der Waals surface area (Å²) >= 11 is 0. The Morgan fingerprint density at radius 1 is 1.00 bits per heavy atom. The van der Waals surface area contributed by atoms with E-state index in [1.807, 2.05) is 18.2 Å². The smallest absolute Gasteiger partial charge is 0.248 e. The van der Waals surface area contributed by atoms with Crippen molar-refractivity contribution >= 4 is 20.7 Å². The van der Waals surface area contributed by atoms with E-state index in [2.05, 4.69) is 4.98 Å². The average molecular weight is 313 g/mol. The largest absolute Gasteiger partial charge is 0.322 e. The Morgan fingerprint density at radius 2 is 1.73 bits per heavy atom. The lowest BCUT2D eigenvalue weighted by molar-refractivity contribution is 0.595. The van der Waals surface area contributed by atoms with Gasteiger partial charge in [-0.25, -0.2) is 8.42 Å². The van der Waals surface area contributed by atoms with E-state index in [0.717, 1.165) is 16.5 Å². The van der Waals surface area contributed by atoms with Gasteiger partial charge in [-0.3, -0.25) is 4.79 Å². The molecule has 0 aliphatic carbocycles. The van der Waals surface area contributed by atoms with Crippen LogP contribution in [0.15, 0.2) is 64.3 Å². The predicted octanol–water partition coefficient (Wildman–Crippen LogP) is 2.81. The maximum Gasteiger partial charge on any atom is 0.248 e. The molecule has 0 aliphatic rings. The van der Waals surface area contributed by atoms with E-state index >= 15 is 0 Å². The van der Waals surface area contributed by atoms with Crippen molar-refractivity contribution in [1.82, 2.24) is 4.98 Å². The summed E-state index contributed by atoms with van der Waals surface area (Å²) in [6, 6.07) is 15.3. The monoisotopic (exact) mass is 313 g/mol. The Bertz CT molecular complexity index is 989. The first-order valence-electron chi connectivity index (χ1n) is 6.86. The van der Waals surface area contributed by atoms with Crippen LogP contribution in [-0.2, 0) is 15.6 Å². The van der Waals surface area contributed by atoms with Crippen molar-refractivity contribution < 1.29 is 8.42 Å². The van der Waals surface area contributed by atoms with Crippen LogP contribution >= 0.6 is 0 Å². The summed E-state index contributed by atoms with van der Waals surface area (Å²) in [5, 5.41) is 0.744. The third-order valence-electron chi connectivity index (χ3n) is 3.58. The molecule has 112 valence electrons. The normalized spacial score (nSPS) is 11.7. The molecule has 0 bridgehead atoms. The third kappa shape index (κ3) is 2.80. The van der Waals surface area contributed by atoms with Gasteiger partial charge in [0, 0.05) is 17.0 Å². The fourth-order valence-corrected chi connectivity index (χ4v) is 3.84. The minimum atomic E-state index is -3.42. The second-order valence-corrected chi connectivity index (χ2v) is 7.26. The minimum absolute atomic E-state index is 0.0399. The Morgan fingerprint density at radius 3 is 2.45 bits per heavy atom. The standard InChI is InChI=1S/C17H15NO3S/c1-12-9-17(19)18-16-8-7-14(10-15(12)16)22(20,21)11-13-5-3-2-4-6-13/h2-10H,11H2,1H3,(H,18,19). The van der Waals surface area contributed by atoms with Gasteiger partial charge in [0.05, 0.1) is 10.6 Å². The number of H-pyrrole nitrogens is 1. The number of hydrogen-bond acceptors (Lipinski definition) is 3. The number of aromatic nitrogens is 1. The first kappa shape index (κ1) is 14.5. The maximum atomic E-state index is 12.6. The van der Waals surface area contributed by atoms with Crippen LogP contribution in [0.4, 0.5) is 0 Å². The summed E-state index contributed by atoms with van der Waals surface area (Å²) in [7, 11) is -3.42. The Kier molecular flexibility index (Phi) is 3.58. The van der Waals surface area contributed by atoms with E-state index in [1.54, 1.807) is 31.2 Å². The third-order valence-corrected chi connectivity index (χ3v) is 5.27. The highest BCUT2D eigenvalue weighted by atomic mass is 32.2. The molecule has 22 heavy (non-hydrogen) atoms. The second-order valence-electron chi connectivity index (χ2n) is 5.27. The molecule has 0 unspecified atom stereocenters. The minimum Gasteiger partial charge on any atom is -0.322 e.